The molecule has 4 heterocycles. The molecule has 2 N–H and O–H groups in total. The number of carbonyl (C=O) groups is 2. The molecular weight excluding hydrogens is 765 g/mol. The first kappa shape index (κ1) is 45.0. The Morgan fingerprint density at radius 1 is 0.857 bits per heavy atom. The average Bonchev–Trinajstić information content (AvgIpc) is 3.89. The third kappa shape index (κ3) is 11.5. The summed E-state index contributed by atoms with van der Waals surface area (Å²) in [6.07, 6.45) is 4.72. The summed E-state index contributed by atoms with van der Waals surface area (Å²) in [5, 5.41) is 0. The molecule has 2 atom stereocenters. The summed E-state index contributed by atoms with van der Waals surface area (Å²) < 4.78 is 26.2. The minimum Gasteiger partial charge on any atom is -0.489 e. The Labute approximate surface area is 346 Å². The summed E-state index contributed by atoms with van der Waals surface area (Å²) in [7, 11) is -1.26. The second kappa shape index (κ2) is 18.3. The summed E-state index contributed by atoms with van der Waals surface area (Å²) in [5.74, 6) is 2.46. The van der Waals surface area contributed by atoms with Crippen molar-refractivity contribution in [1.82, 2.24) is 24.8 Å². The average molecular weight is 828 g/mol. The van der Waals surface area contributed by atoms with Crippen LogP contribution in [0.5, 0.6) is 5.75 Å². The van der Waals surface area contributed by atoms with E-state index in [0.717, 1.165) is 77.0 Å². The van der Waals surface area contributed by atoms with E-state index in [0.29, 0.717) is 33.0 Å². The van der Waals surface area contributed by atoms with E-state index in [1.807, 2.05) is 76.9 Å². The van der Waals surface area contributed by atoms with E-state index in [1.165, 1.54) is 0 Å². The minimum atomic E-state index is -1.26. The van der Waals surface area contributed by atoms with Crippen molar-refractivity contribution in [3.05, 3.63) is 65.9 Å². The predicted octanol–water partition coefficient (Wildman–Crippen LogP) is 9.11. The fraction of sp³-hybridized carbons (Fsp3) is 0.561. The highest BCUT2D eigenvalue weighted by Crippen LogP contribution is 2.34. The number of likely N-dealkylation sites (tertiary alicyclic amines) is 2. The van der Waals surface area contributed by atoms with Crippen LogP contribution in [0.15, 0.2) is 48.7 Å². The van der Waals surface area contributed by atoms with Crippen molar-refractivity contribution in [2.24, 2.45) is 0 Å². The molecule has 2 fully saturated rings. The van der Waals surface area contributed by atoms with Gasteiger partial charge in [0.2, 0.25) is 0 Å². The van der Waals surface area contributed by atoms with Crippen molar-refractivity contribution in [2.45, 2.75) is 130 Å². The number of H-pyrrole nitrogens is 2. The third-order valence-electron chi connectivity index (χ3n) is 9.68. The molecule has 0 radical (unpaired) electrons. The smallest absolute Gasteiger partial charge is 0.411 e. The molecule has 4 aromatic rings. The molecule has 2 saturated heterocycles. The van der Waals surface area contributed by atoms with Gasteiger partial charge in [0, 0.05) is 27.8 Å². The van der Waals surface area contributed by atoms with Crippen LogP contribution in [0.4, 0.5) is 9.59 Å². The minimum absolute atomic E-state index is 0. The van der Waals surface area contributed by atoms with E-state index in [-0.39, 0.29) is 51.3 Å². The fourth-order valence-corrected chi connectivity index (χ4v) is 7.75. The highest BCUT2D eigenvalue weighted by atomic mass is 32.1. The van der Waals surface area contributed by atoms with Gasteiger partial charge in [0.15, 0.2) is 17.8 Å². The molecule has 0 spiro atoms. The number of aromatic amines is 2. The van der Waals surface area contributed by atoms with Crippen LogP contribution in [0.2, 0.25) is 25.7 Å². The molecule has 0 unspecified atom stereocenters. The lowest BCUT2D eigenvalue weighted by Crippen LogP contribution is -2.44. The van der Waals surface area contributed by atoms with E-state index >= 15 is 0 Å². The number of carbonyl (C=O) groups excluding carboxylic acids is 2. The van der Waals surface area contributed by atoms with Crippen LogP contribution in [0.25, 0.3) is 22.3 Å². The maximum absolute atomic E-state index is 13.3. The van der Waals surface area contributed by atoms with Gasteiger partial charge >= 0.3 is 12.2 Å². The van der Waals surface area contributed by atoms with Gasteiger partial charge in [0.1, 0.15) is 35.4 Å². The topological polar surface area (TPSA) is 126 Å². The largest absolute Gasteiger partial charge is 0.489 e. The second-order valence-electron chi connectivity index (χ2n) is 17.8. The van der Waals surface area contributed by atoms with Gasteiger partial charge in [0.05, 0.1) is 17.9 Å². The maximum Gasteiger partial charge on any atom is 0.411 e. The van der Waals surface area contributed by atoms with Gasteiger partial charge in [-0.25, -0.2) is 24.1 Å². The van der Waals surface area contributed by atoms with Crippen LogP contribution in [0.1, 0.15) is 96.5 Å². The lowest BCUT2D eigenvalue weighted by Gasteiger charge is -2.27. The summed E-state index contributed by atoms with van der Waals surface area (Å²) in [4.78, 5) is 41.4. The number of hydrogen-bond donors (Lipinski definition) is 2. The van der Waals surface area contributed by atoms with Crippen molar-refractivity contribution in [2.75, 3.05) is 19.7 Å². The predicted molar refractivity (Wildman–Crippen MR) is 232 cm³/mol. The molecule has 6 rings (SSSR count). The van der Waals surface area contributed by atoms with Crippen LogP contribution in [0.3, 0.4) is 0 Å². The highest BCUT2D eigenvalue weighted by Gasteiger charge is 2.40. The molecule has 2 aromatic carbocycles. The quantitative estimate of drug-likeness (QED) is 0.0878. The number of benzene rings is 2. The lowest BCUT2D eigenvalue weighted by atomic mass is 10.1. The van der Waals surface area contributed by atoms with E-state index in [1.54, 1.807) is 4.90 Å². The molecule has 2 aliphatic heterocycles. The Morgan fingerprint density at radius 2 is 1.46 bits per heavy atom. The van der Waals surface area contributed by atoms with Crippen LogP contribution in [0, 0.1) is 0 Å². The first-order valence-corrected chi connectivity index (χ1v) is 23.0. The Balaban J connectivity index is 0.00000348. The van der Waals surface area contributed by atoms with Gasteiger partial charge in [-0.05, 0) is 121 Å². The van der Waals surface area contributed by atoms with Crippen LogP contribution in [-0.2, 0) is 27.5 Å². The summed E-state index contributed by atoms with van der Waals surface area (Å²) >= 11 is 0. The van der Waals surface area contributed by atoms with Crippen molar-refractivity contribution in [3.63, 3.8) is 0 Å². The molecule has 0 saturated carbocycles. The first-order valence-electron chi connectivity index (χ1n) is 19.3. The van der Waals surface area contributed by atoms with Crippen LogP contribution >= 0.6 is 27.0 Å². The number of hydrogen-bond acceptors (Lipinski definition) is 7. The van der Waals surface area contributed by atoms with Gasteiger partial charge in [-0.2, -0.15) is 27.0 Å². The van der Waals surface area contributed by atoms with Gasteiger partial charge in [-0.1, -0.05) is 25.7 Å². The summed E-state index contributed by atoms with van der Waals surface area (Å²) in [6, 6.07) is 15.0. The SMILES string of the molecule is CC(C)(C)OC(=O)N1CCC[C@H]1c1ncc(-c2ccc(OCc3ccc4[nH]c([C@@H]5CCCN5C(=O)OC(C)(C)C)[n+](COCC[Si](C)(C)C)c4c3)cc2)[nH]1.S.S. The standard InChI is InChI=1S/C41H58N6O6Si.2H2S/c1-40(2,3)52-38(48)45-20-10-12-33(45)36-42-25-32(43-36)29-15-17-30(18-16-29)51-26-28-14-19-31-35(24-28)47(27-50-22-23-54(7,8)9)37(44-31)34-13-11-21-46(34)39(49)53-41(4,5)6;;/h14-19,24-25,33-34H,10-13,20-23,26-27H2,1-9H3,(H,42,43);2*1H2/p+1/t33-,34-;;/m0../s1. The zero-order valence-corrected chi connectivity index (χ0v) is 37.6. The van der Waals surface area contributed by atoms with E-state index in [9.17, 15) is 9.59 Å². The number of fused-ring (bicyclic) bond motifs is 1. The lowest BCUT2D eigenvalue weighted by molar-refractivity contribution is -0.717. The van der Waals surface area contributed by atoms with E-state index in [2.05, 4.69) is 57.4 Å². The molecule has 12 nitrogen and oxygen atoms in total. The molecule has 15 heteroatoms. The highest BCUT2D eigenvalue weighted by molar-refractivity contribution is 7.59. The van der Waals surface area contributed by atoms with Gasteiger partial charge in [0.25, 0.3) is 5.82 Å². The zero-order chi connectivity index (χ0) is 38.8. The van der Waals surface area contributed by atoms with Crippen molar-refractivity contribution < 1.29 is 33.1 Å². The molecular formula is C41H63N6O6S2Si+. The van der Waals surface area contributed by atoms with E-state index in [4.69, 9.17) is 18.9 Å². The number of aromatic nitrogens is 4. The fourth-order valence-electron chi connectivity index (χ4n) is 7.00. The van der Waals surface area contributed by atoms with Crippen molar-refractivity contribution in [3.8, 4) is 17.0 Å². The summed E-state index contributed by atoms with van der Waals surface area (Å²) in [6.45, 7) is 21.2. The summed E-state index contributed by atoms with van der Waals surface area (Å²) in [5.41, 5.74) is 3.75. The number of rotatable bonds is 11. The molecule has 2 amide bonds. The number of amides is 2. The number of nitrogens with zero attached hydrogens (tertiary/aromatic N) is 4. The molecule has 2 aliphatic rings. The van der Waals surface area contributed by atoms with Gasteiger partial charge < -0.3 is 23.9 Å². The van der Waals surface area contributed by atoms with Crippen LogP contribution in [-0.4, -0.2) is 75.9 Å². The van der Waals surface area contributed by atoms with Crippen molar-refractivity contribution in [1.29, 1.82) is 0 Å². The van der Waals surface area contributed by atoms with Gasteiger partial charge in [-0.15, -0.1) is 0 Å². The second-order valence-corrected chi connectivity index (χ2v) is 23.4. The third-order valence-corrected chi connectivity index (χ3v) is 11.4. The number of nitrogens with one attached hydrogen (secondary N) is 2. The molecule has 308 valence electrons. The number of imidazole rings is 2. The van der Waals surface area contributed by atoms with Crippen LogP contribution < -0.4 is 9.30 Å². The zero-order valence-electron chi connectivity index (χ0n) is 34.6. The van der Waals surface area contributed by atoms with E-state index < -0.39 is 19.3 Å². The molecule has 56 heavy (non-hydrogen) atoms. The van der Waals surface area contributed by atoms with Gasteiger partial charge in [-0.3, -0.25) is 9.80 Å². The monoisotopic (exact) mass is 827 g/mol. The molecule has 2 aromatic heterocycles. The Bertz CT molecular complexity index is 1930. The van der Waals surface area contributed by atoms with Crippen molar-refractivity contribution >= 4 is 58.3 Å². The molecule has 0 aliphatic carbocycles. The first-order chi connectivity index (χ1) is 25.4. The normalized spacial score (nSPS) is 17.4. The maximum atomic E-state index is 13.3. The Kier molecular flexibility index (Phi) is 14.7. The molecule has 0 bridgehead atoms. The Morgan fingerprint density at radius 3 is 2.07 bits per heavy atom. The Hall–Kier alpha value is -3.66. The number of ether oxygens (including phenoxy) is 4.